The maximum absolute atomic E-state index is 12.5. The number of hydrogen-bond donors (Lipinski definition) is 2. The van der Waals surface area contributed by atoms with Gasteiger partial charge in [0.15, 0.2) is 5.16 Å². The number of hydrogen-bond acceptors (Lipinski definition) is 4. The summed E-state index contributed by atoms with van der Waals surface area (Å²) >= 11 is 7.57. The van der Waals surface area contributed by atoms with Crippen molar-refractivity contribution in [2.24, 2.45) is 0 Å². The van der Waals surface area contributed by atoms with Crippen LogP contribution in [0.1, 0.15) is 17.5 Å². The van der Waals surface area contributed by atoms with Crippen molar-refractivity contribution in [2.45, 2.75) is 25.4 Å². The van der Waals surface area contributed by atoms with E-state index in [2.05, 4.69) is 72.7 Å². The van der Waals surface area contributed by atoms with Crippen LogP contribution in [0.4, 0.5) is 5.69 Å². The number of carbonyl (C=O) groups excluding carboxylic acids is 1. The lowest BCUT2D eigenvalue weighted by Crippen LogP contribution is -2.13. The molecule has 3 aromatic carbocycles. The van der Waals surface area contributed by atoms with Gasteiger partial charge in [-0.15, -0.1) is 0 Å². The van der Waals surface area contributed by atoms with Crippen molar-refractivity contribution in [1.82, 2.24) is 9.97 Å². The molecule has 5 nitrogen and oxygen atoms in total. The Kier molecular flexibility index (Phi) is 7.60. The van der Waals surface area contributed by atoms with Crippen LogP contribution in [0.5, 0.6) is 5.75 Å². The molecular weight excluding hydrogens is 466 g/mol. The number of anilines is 1. The van der Waals surface area contributed by atoms with E-state index in [1.807, 2.05) is 0 Å². The van der Waals surface area contributed by atoms with Gasteiger partial charge in [0.2, 0.25) is 5.91 Å². The van der Waals surface area contributed by atoms with Gasteiger partial charge in [-0.2, -0.15) is 0 Å². The van der Waals surface area contributed by atoms with Gasteiger partial charge in [-0.05, 0) is 32.0 Å². The molecule has 1 amide bonds. The van der Waals surface area contributed by atoms with Crippen LogP contribution in [0.3, 0.4) is 0 Å². The molecule has 7 heteroatoms. The predicted octanol–water partition coefficient (Wildman–Crippen LogP) is 7.14. The van der Waals surface area contributed by atoms with E-state index in [1.165, 1.54) is 22.9 Å². The molecule has 1 aromatic heterocycles. The topological polar surface area (TPSA) is 67.0 Å². The van der Waals surface area contributed by atoms with E-state index in [-0.39, 0.29) is 5.91 Å². The smallest absolute Gasteiger partial charge is 0.225 e. The molecule has 0 saturated heterocycles. The fourth-order valence-electron chi connectivity index (χ4n) is 3.50. The molecule has 0 aliphatic heterocycles. The van der Waals surface area contributed by atoms with Gasteiger partial charge in [0, 0.05) is 28.3 Å². The van der Waals surface area contributed by atoms with Crippen molar-refractivity contribution in [1.29, 1.82) is 0 Å². The number of benzene rings is 3. The lowest BCUT2D eigenvalue weighted by molar-refractivity contribution is -0.115. The Morgan fingerprint density at radius 1 is 1.00 bits per heavy atom. The number of aromatic nitrogens is 2. The third-order valence-corrected chi connectivity index (χ3v) is 6.46. The van der Waals surface area contributed by atoms with Gasteiger partial charge >= 0.3 is 0 Å². The van der Waals surface area contributed by atoms with Gasteiger partial charge in [-0.3, -0.25) is 4.79 Å². The summed E-state index contributed by atoms with van der Waals surface area (Å²) in [6.45, 7) is 4.14. The quantitative estimate of drug-likeness (QED) is 0.257. The largest absolute Gasteiger partial charge is 0.495 e. The number of aryl methyl sites for hydroxylation is 2. The second-order valence-electron chi connectivity index (χ2n) is 7.99. The first-order valence-corrected chi connectivity index (χ1v) is 12.3. The number of H-pyrrole nitrogens is 1. The number of thioether (sulfide) groups is 1. The second-order valence-corrected chi connectivity index (χ2v) is 9.51. The van der Waals surface area contributed by atoms with E-state index in [4.69, 9.17) is 21.3 Å². The van der Waals surface area contributed by atoms with Crippen molar-refractivity contribution in [2.75, 3.05) is 18.2 Å². The Balaban J connectivity index is 1.48. The molecule has 0 atom stereocenters. The van der Waals surface area contributed by atoms with E-state index >= 15 is 0 Å². The van der Waals surface area contributed by atoms with Crippen LogP contribution < -0.4 is 10.1 Å². The molecule has 34 heavy (non-hydrogen) atoms. The van der Waals surface area contributed by atoms with Crippen LogP contribution in [-0.2, 0) is 4.79 Å². The highest BCUT2D eigenvalue weighted by Gasteiger charge is 2.15. The molecule has 0 fully saturated rings. The molecule has 0 radical (unpaired) electrons. The van der Waals surface area contributed by atoms with Gasteiger partial charge in [0.05, 0.1) is 24.2 Å². The Bertz CT molecular complexity index is 1220. The highest BCUT2D eigenvalue weighted by atomic mass is 35.5. The summed E-state index contributed by atoms with van der Waals surface area (Å²) in [7, 11) is 1.56. The van der Waals surface area contributed by atoms with Crippen molar-refractivity contribution in [3.63, 3.8) is 0 Å². The number of nitrogens with zero attached hydrogens (tertiary/aromatic N) is 1. The summed E-state index contributed by atoms with van der Waals surface area (Å²) in [6.07, 6.45) is 0.320. The zero-order valence-corrected chi connectivity index (χ0v) is 20.9. The normalized spacial score (nSPS) is 10.8. The first-order chi connectivity index (χ1) is 16.4. The van der Waals surface area contributed by atoms with Gasteiger partial charge in [-0.25, -0.2) is 4.98 Å². The van der Waals surface area contributed by atoms with E-state index < -0.39 is 0 Å². The molecule has 0 aliphatic rings. The number of ether oxygens (including phenoxy) is 1. The fourth-order valence-corrected chi connectivity index (χ4v) is 4.48. The number of amides is 1. The SMILES string of the molecule is COc1ccc(Cl)cc1NC(=O)CCSc1nc(-c2ccc(C)cc2)c(-c2ccc(C)cc2)[nH]1. The van der Waals surface area contributed by atoms with Crippen LogP contribution in [0.15, 0.2) is 71.9 Å². The number of carbonyl (C=O) groups is 1. The number of rotatable bonds is 8. The second kappa shape index (κ2) is 10.8. The van der Waals surface area contributed by atoms with Gasteiger partial charge in [0.1, 0.15) is 5.75 Å². The summed E-state index contributed by atoms with van der Waals surface area (Å²) in [4.78, 5) is 20.8. The van der Waals surface area contributed by atoms with E-state index in [0.717, 1.165) is 27.7 Å². The minimum atomic E-state index is -0.114. The Hall–Kier alpha value is -3.22. The number of nitrogens with one attached hydrogen (secondary N) is 2. The summed E-state index contributed by atoms with van der Waals surface area (Å²) in [5, 5.41) is 4.19. The van der Waals surface area contributed by atoms with Crippen molar-refractivity contribution in [3.05, 3.63) is 82.9 Å². The van der Waals surface area contributed by atoms with E-state index in [9.17, 15) is 4.79 Å². The molecule has 4 aromatic rings. The highest BCUT2D eigenvalue weighted by Crippen LogP contribution is 2.33. The summed E-state index contributed by atoms with van der Waals surface area (Å²) in [5.74, 6) is 1.03. The minimum Gasteiger partial charge on any atom is -0.495 e. The average molecular weight is 492 g/mol. The van der Waals surface area contributed by atoms with Crippen LogP contribution in [0.2, 0.25) is 5.02 Å². The Morgan fingerprint density at radius 3 is 2.29 bits per heavy atom. The highest BCUT2D eigenvalue weighted by molar-refractivity contribution is 7.99. The summed E-state index contributed by atoms with van der Waals surface area (Å²) in [6, 6.07) is 21.9. The monoisotopic (exact) mass is 491 g/mol. The molecule has 0 bridgehead atoms. The molecule has 0 unspecified atom stereocenters. The van der Waals surface area contributed by atoms with E-state index in [1.54, 1.807) is 25.3 Å². The Morgan fingerprint density at radius 2 is 1.65 bits per heavy atom. The lowest BCUT2D eigenvalue weighted by atomic mass is 10.0. The molecule has 0 aliphatic carbocycles. The molecule has 174 valence electrons. The predicted molar refractivity (Wildman–Crippen MR) is 141 cm³/mol. The van der Waals surface area contributed by atoms with Crippen LogP contribution in [-0.4, -0.2) is 28.7 Å². The summed E-state index contributed by atoms with van der Waals surface area (Å²) in [5.41, 5.74) is 6.97. The van der Waals surface area contributed by atoms with Crippen LogP contribution in [0.25, 0.3) is 22.5 Å². The summed E-state index contributed by atoms with van der Waals surface area (Å²) < 4.78 is 5.30. The maximum Gasteiger partial charge on any atom is 0.225 e. The van der Waals surface area contributed by atoms with Gasteiger partial charge in [-0.1, -0.05) is 83.0 Å². The molecule has 0 saturated carbocycles. The van der Waals surface area contributed by atoms with E-state index in [0.29, 0.717) is 28.6 Å². The zero-order chi connectivity index (χ0) is 24.1. The number of methoxy groups -OCH3 is 1. The third-order valence-electron chi connectivity index (χ3n) is 5.35. The fraction of sp³-hybridized carbons (Fsp3) is 0.185. The first kappa shape index (κ1) is 23.9. The number of aromatic amines is 1. The molecule has 4 rings (SSSR count). The zero-order valence-electron chi connectivity index (χ0n) is 19.3. The standard InChI is InChI=1S/C27H26ClN3O2S/c1-17-4-8-19(9-5-17)25-26(20-10-6-18(2)7-11-20)31-27(30-25)34-15-14-24(32)29-22-16-21(28)12-13-23(22)33-3/h4-13,16H,14-15H2,1-3H3,(H,29,32)(H,30,31). The van der Waals surface area contributed by atoms with Crippen molar-refractivity contribution >= 4 is 35.0 Å². The van der Waals surface area contributed by atoms with Crippen LogP contribution >= 0.6 is 23.4 Å². The molecule has 2 N–H and O–H groups in total. The third kappa shape index (κ3) is 5.82. The van der Waals surface area contributed by atoms with Gasteiger partial charge in [0.25, 0.3) is 0 Å². The molecule has 0 spiro atoms. The first-order valence-electron chi connectivity index (χ1n) is 10.9. The van der Waals surface area contributed by atoms with Crippen molar-refractivity contribution in [3.8, 4) is 28.3 Å². The Labute approximate surface area is 208 Å². The molecule has 1 heterocycles. The number of halogens is 1. The number of imidazole rings is 1. The van der Waals surface area contributed by atoms with Gasteiger partial charge < -0.3 is 15.0 Å². The maximum atomic E-state index is 12.5. The lowest BCUT2D eigenvalue weighted by Gasteiger charge is -2.10. The van der Waals surface area contributed by atoms with Crippen molar-refractivity contribution < 1.29 is 9.53 Å². The average Bonchev–Trinajstić information content (AvgIpc) is 3.24. The van der Waals surface area contributed by atoms with Crippen LogP contribution in [0, 0.1) is 13.8 Å². The minimum absolute atomic E-state index is 0.114. The molecular formula is C27H26ClN3O2S.